The summed E-state index contributed by atoms with van der Waals surface area (Å²) in [7, 11) is 2.55. The maximum absolute atomic E-state index is 12.6. The van der Waals surface area contributed by atoms with Gasteiger partial charge >= 0.3 is 11.9 Å². The first-order valence-corrected chi connectivity index (χ1v) is 9.63. The molecule has 152 valence electrons. The molecule has 0 aliphatic carbocycles. The molecular weight excluding hydrogens is 384 g/mol. The number of carbonyl (C=O) groups excluding carboxylic acids is 2. The fourth-order valence-electron chi connectivity index (χ4n) is 3.72. The van der Waals surface area contributed by atoms with Gasteiger partial charge in [0.25, 0.3) is 0 Å². The average Bonchev–Trinajstić information content (AvgIpc) is 2.71. The SMILES string of the molecule is COC(=O)C1=C(C(=O)OC)N(c2cc(Cl)ccc2N2CCCC(C)C2)COC1. The van der Waals surface area contributed by atoms with Crippen LogP contribution >= 0.6 is 11.6 Å². The number of ether oxygens (including phenoxy) is 3. The van der Waals surface area contributed by atoms with Crippen LogP contribution in [0.5, 0.6) is 0 Å². The smallest absolute Gasteiger partial charge is 0.355 e. The summed E-state index contributed by atoms with van der Waals surface area (Å²) in [6, 6.07) is 5.55. The van der Waals surface area contributed by atoms with Crippen molar-refractivity contribution in [3.63, 3.8) is 0 Å². The fraction of sp³-hybridized carbons (Fsp3) is 0.500. The van der Waals surface area contributed by atoms with E-state index < -0.39 is 11.9 Å². The van der Waals surface area contributed by atoms with Gasteiger partial charge in [-0.15, -0.1) is 0 Å². The Morgan fingerprint density at radius 2 is 1.93 bits per heavy atom. The van der Waals surface area contributed by atoms with E-state index in [1.54, 1.807) is 11.0 Å². The van der Waals surface area contributed by atoms with Crippen LogP contribution in [0.15, 0.2) is 29.5 Å². The molecule has 0 aromatic heterocycles. The van der Waals surface area contributed by atoms with Gasteiger partial charge in [-0.2, -0.15) is 0 Å². The standard InChI is InChI=1S/C20H25ClN2O5/c1-13-5-4-8-22(10-13)16-7-6-14(21)9-17(16)23-12-28-11-15(19(24)26-2)18(23)20(25)27-3/h6-7,9,13H,4-5,8,10-12H2,1-3H3. The number of hydrogen-bond acceptors (Lipinski definition) is 7. The van der Waals surface area contributed by atoms with Gasteiger partial charge in [0.05, 0.1) is 37.8 Å². The Bertz CT molecular complexity index is 795. The number of hydrogen-bond donors (Lipinski definition) is 0. The summed E-state index contributed by atoms with van der Waals surface area (Å²) in [5.41, 5.74) is 1.88. The number of piperidine rings is 1. The maximum Gasteiger partial charge on any atom is 0.355 e. The first-order valence-electron chi connectivity index (χ1n) is 9.25. The van der Waals surface area contributed by atoms with Crippen molar-refractivity contribution in [2.45, 2.75) is 19.8 Å². The molecular formula is C20H25ClN2O5. The van der Waals surface area contributed by atoms with Crippen molar-refractivity contribution >= 4 is 34.9 Å². The molecule has 0 bridgehead atoms. The second kappa shape index (κ2) is 8.84. The highest BCUT2D eigenvalue weighted by Crippen LogP contribution is 2.38. The van der Waals surface area contributed by atoms with E-state index >= 15 is 0 Å². The van der Waals surface area contributed by atoms with Crippen LogP contribution in [-0.2, 0) is 23.8 Å². The highest BCUT2D eigenvalue weighted by Gasteiger charge is 2.34. The van der Waals surface area contributed by atoms with Crippen molar-refractivity contribution in [1.29, 1.82) is 0 Å². The maximum atomic E-state index is 12.6. The molecule has 0 spiro atoms. The first-order chi connectivity index (χ1) is 13.5. The normalized spacial score (nSPS) is 20.2. The van der Waals surface area contributed by atoms with Crippen molar-refractivity contribution < 1.29 is 23.8 Å². The van der Waals surface area contributed by atoms with Crippen LogP contribution in [0, 0.1) is 5.92 Å². The zero-order chi connectivity index (χ0) is 20.3. The molecule has 1 aromatic rings. The summed E-state index contributed by atoms with van der Waals surface area (Å²) < 4.78 is 15.4. The summed E-state index contributed by atoms with van der Waals surface area (Å²) in [4.78, 5) is 28.7. The van der Waals surface area contributed by atoms with E-state index in [9.17, 15) is 9.59 Å². The highest BCUT2D eigenvalue weighted by atomic mass is 35.5. The molecule has 2 aliphatic heterocycles. The number of esters is 2. The summed E-state index contributed by atoms with van der Waals surface area (Å²) in [6.45, 7) is 4.12. The third-order valence-electron chi connectivity index (χ3n) is 5.06. The highest BCUT2D eigenvalue weighted by molar-refractivity contribution is 6.31. The van der Waals surface area contributed by atoms with Crippen molar-refractivity contribution in [2.75, 3.05) is 50.4 Å². The van der Waals surface area contributed by atoms with Crippen LogP contribution < -0.4 is 9.80 Å². The van der Waals surface area contributed by atoms with Gasteiger partial charge in [0.15, 0.2) is 0 Å². The minimum absolute atomic E-state index is 0.0236. The van der Waals surface area contributed by atoms with Gasteiger partial charge in [-0.25, -0.2) is 9.59 Å². The molecule has 1 atom stereocenters. The molecule has 8 heteroatoms. The Morgan fingerprint density at radius 1 is 1.18 bits per heavy atom. The van der Waals surface area contributed by atoms with Crippen molar-refractivity contribution in [3.8, 4) is 0 Å². The van der Waals surface area contributed by atoms with Gasteiger partial charge in [0, 0.05) is 18.1 Å². The number of carbonyl (C=O) groups is 2. The van der Waals surface area contributed by atoms with Gasteiger partial charge < -0.3 is 24.0 Å². The minimum atomic E-state index is -0.625. The lowest BCUT2D eigenvalue weighted by Crippen LogP contribution is -2.41. The second-order valence-corrected chi connectivity index (χ2v) is 7.48. The van der Waals surface area contributed by atoms with Gasteiger partial charge in [-0.1, -0.05) is 18.5 Å². The lowest BCUT2D eigenvalue weighted by Gasteiger charge is -2.38. The molecule has 1 saturated heterocycles. The van der Waals surface area contributed by atoms with Crippen LogP contribution in [0.1, 0.15) is 19.8 Å². The predicted octanol–water partition coefficient (Wildman–Crippen LogP) is 2.97. The molecule has 0 amide bonds. The van der Waals surface area contributed by atoms with E-state index in [1.807, 2.05) is 12.1 Å². The van der Waals surface area contributed by atoms with E-state index in [0.29, 0.717) is 16.6 Å². The quantitative estimate of drug-likeness (QED) is 0.709. The summed E-state index contributed by atoms with van der Waals surface area (Å²) in [5, 5.41) is 0.526. The lowest BCUT2D eigenvalue weighted by atomic mass is 9.99. The van der Waals surface area contributed by atoms with Crippen molar-refractivity contribution in [1.82, 2.24) is 0 Å². The zero-order valence-corrected chi connectivity index (χ0v) is 17.1. The Morgan fingerprint density at radius 3 is 2.61 bits per heavy atom. The second-order valence-electron chi connectivity index (χ2n) is 7.04. The molecule has 0 radical (unpaired) electrons. The first kappa shape index (κ1) is 20.5. The van der Waals surface area contributed by atoms with Gasteiger partial charge in [-0.05, 0) is 37.0 Å². The van der Waals surface area contributed by atoms with E-state index in [-0.39, 0.29) is 24.6 Å². The number of methoxy groups -OCH3 is 2. The molecule has 2 aliphatic rings. The molecule has 0 saturated carbocycles. The monoisotopic (exact) mass is 408 g/mol. The number of benzene rings is 1. The average molecular weight is 409 g/mol. The van der Waals surface area contributed by atoms with Crippen LogP contribution in [0.2, 0.25) is 5.02 Å². The number of rotatable bonds is 4. The third kappa shape index (κ3) is 4.10. The van der Waals surface area contributed by atoms with Crippen LogP contribution in [0.3, 0.4) is 0 Å². The molecule has 7 nitrogen and oxygen atoms in total. The van der Waals surface area contributed by atoms with Crippen LogP contribution in [0.4, 0.5) is 11.4 Å². The van der Waals surface area contributed by atoms with Crippen molar-refractivity contribution in [3.05, 3.63) is 34.5 Å². The zero-order valence-electron chi connectivity index (χ0n) is 16.4. The molecule has 28 heavy (non-hydrogen) atoms. The Balaban J connectivity index is 2.11. The molecule has 1 unspecified atom stereocenters. The topological polar surface area (TPSA) is 68.3 Å². The molecule has 0 N–H and O–H groups in total. The van der Waals surface area contributed by atoms with E-state index in [2.05, 4.69) is 11.8 Å². The van der Waals surface area contributed by atoms with Gasteiger partial charge in [0.2, 0.25) is 0 Å². The Kier molecular flexibility index (Phi) is 6.46. The van der Waals surface area contributed by atoms with E-state index in [1.165, 1.54) is 20.6 Å². The summed E-state index contributed by atoms with van der Waals surface area (Å²) in [5.74, 6) is -0.682. The molecule has 2 heterocycles. The van der Waals surface area contributed by atoms with Crippen LogP contribution in [0.25, 0.3) is 0 Å². The number of anilines is 2. The van der Waals surface area contributed by atoms with Crippen LogP contribution in [-0.4, -0.2) is 52.6 Å². The largest absolute Gasteiger partial charge is 0.466 e. The molecule has 1 aromatic carbocycles. The predicted molar refractivity (Wildman–Crippen MR) is 106 cm³/mol. The summed E-state index contributed by atoms with van der Waals surface area (Å²) >= 11 is 6.28. The number of halogens is 1. The van der Waals surface area contributed by atoms with Gasteiger partial charge in [0.1, 0.15) is 12.4 Å². The lowest BCUT2D eigenvalue weighted by molar-refractivity contribution is -0.140. The molecule has 3 rings (SSSR count). The fourth-order valence-corrected chi connectivity index (χ4v) is 3.89. The Labute approximate surface area is 169 Å². The number of nitrogens with zero attached hydrogens (tertiary/aromatic N) is 2. The van der Waals surface area contributed by atoms with E-state index in [4.69, 9.17) is 25.8 Å². The minimum Gasteiger partial charge on any atom is -0.466 e. The third-order valence-corrected chi connectivity index (χ3v) is 5.29. The van der Waals surface area contributed by atoms with Crippen molar-refractivity contribution in [2.24, 2.45) is 5.92 Å². The van der Waals surface area contributed by atoms with Gasteiger partial charge in [-0.3, -0.25) is 0 Å². The van der Waals surface area contributed by atoms with E-state index in [0.717, 1.165) is 25.2 Å². The Hall–Kier alpha value is -2.25. The summed E-state index contributed by atoms with van der Waals surface area (Å²) in [6.07, 6.45) is 2.28. The molecule has 1 fully saturated rings.